The minimum absolute atomic E-state index is 0.557. The lowest BCUT2D eigenvalue weighted by Crippen LogP contribution is -2.37. The van der Waals surface area contributed by atoms with E-state index in [1.165, 1.54) is 49.4 Å². The molecule has 106 valence electrons. The molecule has 2 atom stereocenters. The van der Waals surface area contributed by atoms with Gasteiger partial charge in [0, 0.05) is 17.1 Å². The summed E-state index contributed by atoms with van der Waals surface area (Å²) in [7, 11) is 2.08. The Morgan fingerprint density at radius 2 is 2.21 bits per heavy atom. The van der Waals surface area contributed by atoms with Gasteiger partial charge >= 0.3 is 0 Å². The van der Waals surface area contributed by atoms with E-state index in [9.17, 15) is 0 Å². The van der Waals surface area contributed by atoms with Gasteiger partial charge in [0.15, 0.2) is 0 Å². The predicted molar refractivity (Wildman–Crippen MR) is 80.6 cm³/mol. The molecule has 1 aliphatic heterocycles. The molecule has 1 aromatic rings. The lowest BCUT2D eigenvalue weighted by molar-refractivity contribution is 0.145. The van der Waals surface area contributed by atoms with Crippen LogP contribution in [-0.2, 0) is 0 Å². The van der Waals surface area contributed by atoms with Gasteiger partial charge in [-0.05, 0) is 58.7 Å². The van der Waals surface area contributed by atoms with E-state index >= 15 is 0 Å². The smallest absolute Gasteiger partial charge is 0.110 e. The van der Waals surface area contributed by atoms with Gasteiger partial charge in [-0.15, -0.1) is 11.3 Å². The molecule has 1 saturated heterocycles. The summed E-state index contributed by atoms with van der Waals surface area (Å²) in [6.07, 6.45) is 6.86. The quantitative estimate of drug-likeness (QED) is 0.918. The topological polar surface area (TPSA) is 28.2 Å². The van der Waals surface area contributed by atoms with Gasteiger partial charge in [0.2, 0.25) is 0 Å². The molecule has 0 radical (unpaired) electrons. The van der Waals surface area contributed by atoms with Crippen LogP contribution in [0.1, 0.15) is 48.8 Å². The first-order valence-electron chi connectivity index (χ1n) is 7.62. The monoisotopic (exact) mass is 279 g/mol. The van der Waals surface area contributed by atoms with E-state index in [0.717, 1.165) is 18.5 Å². The zero-order chi connectivity index (χ0) is 13.2. The lowest BCUT2D eigenvalue weighted by atomic mass is 9.94. The molecule has 3 nitrogen and oxygen atoms in total. The first-order valence-corrected chi connectivity index (χ1v) is 8.50. The summed E-state index contributed by atoms with van der Waals surface area (Å²) in [5.74, 6) is 0.721. The predicted octanol–water partition coefficient (Wildman–Crippen LogP) is 2.98. The van der Waals surface area contributed by atoms with Gasteiger partial charge in [0.05, 0.1) is 6.04 Å². The molecule has 0 spiro atoms. The van der Waals surface area contributed by atoms with Crippen molar-refractivity contribution in [1.29, 1.82) is 0 Å². The highest BCUT2D eigenvalue weighted by atomic mass is 32.1. The third kappa shape index (κ3) is 3.01. The van der Waals surface area contributed by atoms with E-state index in [4.69, 9.17) is 4.98 Å². The summed E-state index contributed by atoms with van der Waals surface area (Å²) in [6, 6.07) is 1.40. The van der Waals surface area contributed by atoms with E-state index in [1.54, 1.807) is 0 Å². The van der Waals surface area contributed by atoms with Crippen molar-refractivity contribution in [3.05, 3.63) is 16.1 Å². The van der Waals surface area contributed by atoms with Crippen LogP contribution in [0.5, 0.6) is 0 Å². The molecule has 3 rings (SSSR count). The number of nitrogens with zero attached hydrogens (tertiary/aromatic N) is 2. The fraction of sp³-hybridized carbons (Fsp3) is 0.800. The summed E-state index contributed by atoms with van der Waals surface area (Å²) in [4.78, 5) is 7.59. The molecular formula is C15H25N3S. The normalized spacial score (nSPS) is 29.4. The Morgan fingerprint density at radius 3 is 2.84 bits per heavy atom. The molecule has 2 heterocycles. The SMILES string of the molecule is CNCC1CCCCN(C2CC2)C1c1nc(C)cs1. The summed E-state index contributed by atoms with van der Waals surface area (Å²) in [5, 5.41) is 6.97. The molecule has 0 amide bonds. The van der Waals surface area contributed by atoms with Crippen molar-refractivity contribution < 1.29 is 0 Å². The Hall–Kier alpha value is -0.450. The van der Waals surface area contributed by atoms with Crippen LogP contribution in [0.2, 0.25) is 0 Å². The third-order valence-electron chi connectivity index (χ3n) is 4.42. The molecule has 4 heteroatoms. The van der Waals surface area contributed by atoms with E-state index < -0.39 is 0 Å². The molecule has 0 bridgehead atoms. The molecule has 19 heavy (non-hydrogen) atoms. The highest BCUT2D eigenvalue weighted by Gasteiger charge is 2.40. The van der Waals surface area contributed by atoms with Gasteiger partial charge in [0.1, 0.15) is 5.01 Å². The van der Waals surface area contributed by atoms with Gasteiger partial charge < -0.3 is 5.32 Å². The Morgan fingerprint density at radius 1 is 1.37 bits per heavy atom. The summed E-state index contributed by atoms with van der Waals surface area (Å²) in [6.45, 7) is 4.51. The summed E-state index contributed by atoms with van der Waals surface area (Å²) >= 11 is 1.86. The molecule has 1 aromatic heterocycles. The van der Waals surface area contributed by atoms with Crippen molar-refractivity contribution in [2.24, 2.45) is 5.92 Å². The van der Waals surface area contributed by atoms with Gasteiger partial charge in [-0.25, -0.2) is 4.98 Å². The third-order valence-corrected chi connectivity index (χ3v) is 5.45. The van der Waals surface area contributed by atoms with Crippen LogP contribution >= 0.6 is 11.3 Å². The van der Waals surface area contributed by atoms with Crippen LogP contribution in [-0.4, -0.2) is 36.1 Å². The highest BCUT2D eigenvalue weighted by Crippen LogP contribution is 2.42. The number of aromatic nitrogens is 1. The second-order valence-electron chi connectivity index (χ2n) is 6.05. The Kier molecular flexibility index (Phi) is 4.20. The molecule has 2 fully saturated rings. The Balaban J connectivity index is 1.88. The van der Waals surface area contributed by atoms with Crippen molar-refractivity contribution in [2.75, 3.05) is 20.1 Å². The van der Waals surface area contributed by atoms with Crippen LogP contribution in [0.3, 0.4) is 0 Å². The minimum atomic E-state index is 0.557. The number of aryl methyl sites for hydroxylation is 1. The van der Waals surface area contributed by atoms with Crippen molar-refractivity contribution in [3.8, 4) is 0 Å². The zero-order valence-corrected chi connectivity index (χ0v) is 12.9. The largest absolute Gasteiger partial charge is 0.319 e. The number of likely N-dealkylation sites (tertiary alicyclic amines) is 1. The van der Waals surface area contributed by atoms with E-state index in [2.05, 4.69) is 29.6 Å². The standard InChI is InChI=1S/C15H25N3S/c1-11-10-19-15(17-11)14-12(9-16-2)5-3-4-8-18(14)13-6-7-13/h10,12-14,16H,3-9H2,1-2H3. The van der Waals surface area contributed by atoms with Crippen LogP contribution < -0.4 is 5.32 Å². The van der Waals surface area contributed by atoms with Gasteiger partial charge in [-0.3, -0.25) is 4.90 Å². The maximum atomic E-state index is 4.82. The molecule has 1 saturated carbocycles. The fourth-order valence-electron chi connectivity index (χ4n) is 3.41. The van der Waals surface area contributed by atoms with E-state index in [-0.39, 0.29) is 0 Å². The van der Waals surface area contributed by atoms with Crippen LogP contribution in [0, 0.1) is 12.8 Å². The molecule has 1 N–H and O–H groups in total. The Labute approximate surface area is 120 Å². The van der Waals surface area contributed by atoms with Gasteiger partial charge in [-0.2, -0.15) is 0 Å². The van der Waals surface area contributed by atoms with E-state index in [1.807, 2.05) is 11.3 Å². The minimum Gasteiger partial charge on any atom is -0.319 e. The van der Waals surface area contributed by atoms with Crippen LogP contribution in [0.15, 0.2) is 5.38 Å². The first-order chi connectivity index (χ1) is 9.29. The molecule has 2 unspecified atom stereocenters. The maximum absolute atomic E-state index is 4.82. The number of thiazole rings is 1. The second kappa shape index (κ2) is 5.90. The van der Waals surface area contributed by atoms with Crippen molar-refractivity contribution >= 4 is 11.3 Å². The van der Waals surface area contributed by atoms with Crippen molar-refractivity contribution in [3.63, 3.8) is 0 Å². The molecule has 2 aliphatic rings. The van der Waals surface area contributed by atoms with Crippen molar-refractivity contribution in [1.82, 2.24) is 15.2 Å². The molecular weight excluding hydrogens is 254 g/mol. The summed E-state index contributed by atoms with van der Waals surface area (Å²) in [5.41, 5.74) is 1.18. The molecule has 0 aromatic carbocycles. The zero-order valence-electron chi connectivity index (χ0n) is 12.1. The maximum Gasteiger partial charge on any atom is 0.110 e. The number of rotatable bonds is 4. The average molecular weight is 279 g/mol. The second-order valence-corrected chi connectivity index (χ2v) is 6.94. The summed E-state index contributed by atoms with van der Waals surface area (Å²) < 4.78 is 0. The fourth-order valence-corrected chi connectivity index (χ4v) is 4.42. The van der Waals surface area contributed by atoms with Crippen LogP contribution in [0.4, 0.5) is 0 Å². The lowest BCUT2D eigenvalue weighted by Gasteiger charge is -2.34. The highest BCUT2D eigenvalue weighted by molar-refractivity contribution is 7.09. The number of hydrogen-bond acceptors (Lipinski definition) is 4. The van der Waals surface area contributed by atoms with Gasteiger partial charge in [-0.1, -0.05) is 6.42 Å². The Bertz CT molecular complexity index is 413. The average Bonchev–Trinajstić information content (AvgIpc) is 3.17. The van der Waals surface area contributed by atoms with Crippen molar-refractivity contribution in [2.45, 2.75) is 51.1 Å². The number of nitrogens with one attached hydrogen (secondary N) is 1. The molecule has 1 aliphatic carbocycles. The number of hydrogen-bond donors (Lipinski definition) is 1. The van der Waals surface area contributed by atoms with Gasteiger partial charge in [0.25, 0.3) is 0 Å². The van der Waals surface area contributed by atoms with Crippen LogP contribution in [0.25, 0.3) is 0 Å². The first kappa shape index (κ1) is 13.5. The van der Waals surface area contributed by atoms with E-state index in [0.29, 0.717) is 6.04 Å².